The first kappa shape index (κ1) is 21.5. The fourth-order valence-electron chi connectivity index (χ4n) is 4.04. The molecule has 0 bridgehead atoms. The van der Waals surface area contributed by atoms with E-state index in [1.165, 1.54) is 17.3 Å². The maximum Gasteiger partial charge on any atom is 0.234 e. The number of anilines is 2. The van der Waals surface area contributed by atoms with E-state index in [0.29, 0.717) is 29.5 Å². The zero-order chi connectivity index (χ0) is 21.6. The van der Waals surface area contributed by atoms with Gasteiger partial charge in [-0.2, -0.15) is 5.26 Å². The van der Waals surface area contributed by atoms with Gasteiger partial charge >= 0.3 is 0 Å². The predicted octanol–water partition coefficient (Wildman–Crippen LogP) is 3.41. The van der Waals surface area contributed by atoms with Crippen molar-refractivity contribution >= 4 is 29.2 Å². The summed E-state index contributed by atoms with van der Waals surface area (Å²) < 4.78 is 10.6. The van der Waals surface area contributed by atoms with Crippen LogP contribution in [-0.4, -0.2) is 50.1 Å². The van der Waals surface area contributed by atoms with Crippen LogP contribution in [0.4, 0.5) is 11.5 Å². The van der Waals surface area contributed by atoms with Crippen molar-refractivity contribution < 1.29 is 14.3 Å². The second-order valence-corrected chi connectivity index (χ2v) is 8.52. The lowest BCUT2D eigenvalue weighted by Crippen LogP contribution is -2.38. The molecule has 162 valence electrons. The van der Waals surface area contributed by atoms with Crippen molar-refractivity contribution in [1.29, 1.82) is 5.26 Å². The summed E-state index contributed by atoms with van der Waals surface area (Å²) in [6.45, 7) is 2.97. The molecule has 1 fully saturated rings. The number of hydrogen-bond donors (Lipinski definition) is 1. The summed E-state index contributed by atoms with van der Waals surface area (Å²) in [5.74, 6) is 1.76. The average Bonchev–Trinajstić information content (AvgIpc) is 2.83. The molecule has 0 atom stereocenters. The molecule has 1 aromatic carbocycles. The molecule has 4 rings (SSSR count). The number of aromatic nitrogens is 1. The zero-order valence-corrected chi connectivity index (χ0v) is 18.5. The second kappa shape index (κ2) is 10.0. The van der Waals surface area contributed by atoms with E-state index in [4.69, 9.17) is 14.5 Å². The fourth-order valence-corrected chi connectivity index (χ4v) is 4.84. The van der Waals surface area contributed by atoms with Crippen LogP contribution in [0.1, 0.15) is 29.5 Å². The Bertz CT molecular complexity index is 982. The molecule has 1 N–H and O–H groups in total. The van der Waals surface area contributed by atoms with Crippen LogP contribution in [0.15, 0.2) is 29.3 Å². The molecule has 0 spiro atoms. The minimum atomic E-state index is -0.133. The molecule has 2 aromatic rings. The van der Waals surface area contributed by atoms with Gasteiger partial charge in [0.05, 0.1) is 31.6 Å². The molecule has 1 aliphatic heterocycles. The third kappa shape index (κ3) is 4.94. The molecule has 0 unspecified atom stereocenters. The topological polar surface area (TPSA) is 87.5 Å². The normalized spacial score (nSPS) is 15.7. The number of nitrogens with one attached hydrogen (secondary N) is 1. The van der Waals surface area contributed by atoms with Crippen LogP contribution in [0.2, 0.25) is 0 Å². The average molecular weight is 439 g/mol. The van der Waals surface area contributed by atoms with Crippen molar-refractivity contribution in [3.8, 4) is 11.8 Å². The van der Waals surface area contributed by atoms with Gasteiger partial charge in [-0.1, -0.05) is 11.8 Å². The molecular formula is C23H26N4O3S. The summed E-state index contributed by atoms with van der Waals surface area (Å²) in [7, 11) is 1.60. The maximum absolute atomic E-state index is 12.5. The largest absolute Gasteiger partial charge is 0.497 e. The molecule has 7 nitrogen and oxygen atoms in total. The van der Waals surface area contributed by atoms with Gasteiger partial charge in [0.1, 0.15) is 22.7 Å². The quantitative estimate of drug-likeness (QED) is 0.692. The number of benzene rings is 1. The summed E-state index contributed by atoms with van der Waals surface area (Å²) >= 11 is 1.33. The molecule has 8 heteroatoms. The van der Waals surface area contributed by atoms with E-state index < -0.39 is 0 Å². The third-order valence-electron chi connectivity index (χ3n) is 5.60. The highest BCUT2D eigenvalue weighted by Gasteiger charge is 2.26. The van der Waals surface area contributed by atoms with Gasteiger partial charge in [0, 0.05) is 18.8 Å². The number of carbonyl (C=O) groups excluding carboxylic acids is 1. The summed E-state index contributed by atoms with van der Waals surface area (Å²) in [5, 5.41) is 13.4. The van der Waals surface area contributed by atoms with Gasteiger partial charge in [0.2, 0.25) is 5.91 Å². The lowest BCUT2D eigenvalue weighted by Gasteiger charge is -2.32. The van der Waals surface area contributed by atoms with Crippen molar-refractivity contribution in [2.75, 3.05) is 49.4 Å². The van der Waals surface area contributed by atoms with Gasteiger partial charge in [-0.15, -0.1) is 0 Å². The van der Waals surface area contributed by atoms with E-state index in [-0.39, 0.29) is 11.7 Å². The number of amides is 1. The lowest BCUT2D eigenvalue weighted by atomic mass is 9.89. The van der Waals surface area contributed by atoms with Crippen molar-refractivity contribution in [3.63, 3.8) is 0 Å². The molecule has 1 amide bonds. The first-order valence-corrected chi connectivity index (χ1v) is 11.5. The van der Waals surface area contributed by atoms with Gasteiger partial charge in [-0.25, -0.2) is 4.98 Å². The minimum absolute atomic E-state index is 0.133. The van der Waals surface area contributed by atoms with E-state index in [1.54, 1.807) is 31.4 Å². The molecule has 1 saturated heterocycles. The van der Waals surface area contributed by atoms with Crippen LogP contribution in [0.25, 0.3) is 0 Å². The van der Waals surface area contributed by atoms with Crippen LogP contribution in [-0.2, 0) is 22.4 Å². The highest BCUT2D eigenvalue weighted by atomic mass is 32.2. The molecule has 1 aliphatic carbocycles. The summed E-state index contributed by atoms with van der Waals surface area (Å²) in [4.78, 5) is 19.7. The number of methoxy groups -OCH3 is 1. The molecule has 2 aliphatic rings. The van der Waals surface area contributed by atoms with Crippen LogP contribution in [0.3, 0.4) is 0 Å². The predicted molar refractivity (Wildman–Crippen MR) is 121 cm³/mol. The number of carbonyl (C=O) groups is 1. The van der Waals surface area contributed by atoms with Gasteiger partial charge < -0.3 is 19.7 Å². The first-order valence-electron chi connectivity index (χ1n) is 10.5. The number of thioether (sulfide) groups is 1. The number of rotatable bonds is 6. The highest BCUT2D eigenvalue weighted by molar-refractivity contribution is 8.00. The monoisotopic (exact) mass is 438 g/mol. The Labute approximate surface area is 186 Å². The molecule has 0 radical (unpaired) electrons. The third-order valence-corrected chi connectivity index (χ3v) is 6.57. The van der Waals surface area contributed by atoms with E-state index in [2.05, 4.69) is 16.3 Å². The molecule has 0 saturated carbocycles. The Kier molecular flexibility index (Phi) is 6.95. The van der Waals surface area contributed by atoms with Gasteiger partial charge in [-0.05, 0) is 61.1 Å². The van der Waals surface area contributed by atoms with Gasteiger partial charge in [0.15, 0.2) is 0 Å². The lowest BCUT2D eigenvalue weighted by molar-refractivity contribution is -0.113. The maximum atomic E-state index is 12.5. The van der Waals surface area contributed by atoms with E-state index in [0.717, 1.165) is 55.9 Å². The van der Waals surface area contributed by atoms with Crippen molar-refractivity contribution in [1.82, 2.24) is 4.98 Å². The number of hydrogen-bond acceptors (Lipinski definition) is 7. The second-order valence-electron chi connectivity index (χ2n) is 7.56. The summed E-state index contributed by atoms with van der Waals surface area (Å²) in [6, 6.07) is 9.57. The highest BCUT2D eigenvalue weighted by Crippen LogP contribution is 2.36. The SMILES string of the molecule is COc1ccc(NC(=O)CSc2nc(N3CCOCC3)c3c(c2C#N)CCCC3)cc1. The van der Waals surface area contributed by atoms with Crippen molar-refractivity contribution in [2.45, 2.75) is 30.7 Å². The molecular weight excluding hydrogens is 412 g/mol. The Balaban J connectivity index is 1.53. The van der Waals surface area contributed by atoms with E-state index in [9.17, 15) is 10.1 Å². The van der Waals surface area contributed by atoms with E-state index >= 15 is 0 Å². The Morgan fingerprint density at radius 2 is 1.94 bits per heavy atom. The standard InChI is InChI=1S/C23H26N4O3S/c1-29-17-8-6-16(7-9-17)25-21(28)15-31-23-20(14-24)18-4-2-3-5-19(18)22(26-23)27-10-12-30-13-11-27/h6-9H,2-5,10-13,15H2,1H3,(H,25,28). The first-order chi connectivity index (χ1) is 15.2. The molecule has 2 heterocycles. The number of ether oxygens (including phenoxy) is 2. The zero-order valence-electron chi connectivity index (χ0n) is 17.6. The molecule has 31 heavy (non-hydrogen) atoms. The van der Waals surface area contributed by atoms with E-state index in [1.807, 2.05) is 0 Å². The number of nitriles is 1. The Morgan fingerprint density at radius 1 is 1.23 bits per heavy atom. The van der Waals surface area contributed by atoms with Gasteiger partial charge in [0.25, 0.3) is 0 Å². The number of nitrogens with zero attached hydrogens (tertiary/aromatic N) is 3. The molecule has 1 aromatic heterocycles. The number of morpholine rings is 1. The van der Waals surface area contributed by atoms with Crippen molar-refractivity contribution in [2.24, 2.45) is 0 Å². The minimum Gasteiger partial charge on any atom is -0.497 e. The van der Waals surface area contributed by atoms with Crippen LogP contribution >= 0.6 is 11.8 Å². The van der Waals surface area contributed by atoms with Crippen LogP contribution in [0.5, 0.6) is 5.75 Å². The smallest absolute Gasteiger partial charge is 0.234 e. The van der Waals surface area contributed by atoms with Gasteiger partial charge in [-0.3, -0.25) is 4.79 Å². The Morgan fingerprint density at radius 3 is 2.61 bits per heavy atom. The number of pyridine rings is 1. The van der Waals surface area contributed by atoms with Crippen molar-refractivity contribution in [3.05, 3.63) is 41.0 Å². The number of fused-ring (bicyclic) bond motifs is 1. The summed E-state index contributed by atoms with van der Waals surface area (Å²) in [6.07, 6.45) is 4.04. The Hall–Kier alpha value is -2.76. The fraction of sp³-hybridized carbons (Fsp3) is 0.435. The van der Waals surface area contributed by atoms with Crippen LogP contribution in [0, 0.1) is 11.3 Å². The summed E-state index contributed by atoms with van der Waals surface area (Å²) in [5.41, 5.74) is 3.66. The van der Waals surface area contributed by atoms with Crippen LogP contribution < -0.4 is 15.0 Å².